The van der Waals surface area contributed by atoms with Gasteiger partial charge in [-0.3, -0.25) is 14.2 Å². The molecule has 0 fully saturated rings. The highest BCUT2D eigenvalue weighted by molar-refractivity contribution is 7.18. The van der Waals surface area contributed by atoms with Gasteiger partial charge in [0.15, 0.2) is 0 Å². The molecule has 0 aliphatic rings. The third-order valence-electron chi connectivity index (χ3n) is 4.38. The van der Waals surface area contributed by atoms with E-state index in [0.717, 1.165) is 15.3 Å². The minimum Gasteiger partial charge on any atom is -0.462 e. The number of nitrogens with one attached hydrogen (secondary N) is 1. The van der Waals surface area contributed by atoms with Crippen molar-refractivity contribution in [3.8, 4) is 0 Å². The topological polar surface area (TPSA) is 90.3 Å². The van der Waals surface area contributed by atoms with E-state index in [0.29, 0.717) is 26.6 Å². The van der Waals surface area contributed by atoms with Gasteiger partial charge in [-0.05, 0) is 46.2 Å². The molecule has 0 saturated carbocycles. The fraction of sp³-hybridized carbons (Fsp3) is 0.368. The smallest absolute Gasteiger partial charge is 0.341 e. The van der Waals surface area contributed by atoms with Crippen LogP contribution in [-0.4, -0.2) is 28.0 Å². The van der Waals surface area contributed by atoms with Crippen LogP contribution in [0.2, 0.25) is 0 Å². The van der Waals surface area contributed by atoms with Gasteiger partial charge in [-0.1, -0.05) is 0 Å². The van der Waals surface area contributed by atoms with Crippen molar-refractivity contribution in [3.63, 3.8) is 0 Å². The van der Waals surface area contributed by atoms with E-state index in [1.54, 1.807) is 19.9 Å². The Balaban J connectivity index is 1.90. The fourth-order valence-corrected chi connectivity index (χ4v) is 4.88. The quantitative estimate of drug-likeness (QED) is 0.639. The molecule has 148 valence electrons. The molecule has 28 heavy (non-hydrogen) atoms. The molecule has 1 N–H and O–H groups in total. The average Bonchev–Trinajstić information content (AvgIpc) is 3.11. The van der Waals surface area contributed by atoms with E-state index in [1.165, 1.54) is 27.2 Å². The molecule has 7 nitrogen and oxygen atoms in total. The highest BCUT2D eigenvalue weighted by Crippen LogP contribution is 2.33. The zero-order valence-electron chi connectivity index (χ0n) is 16.3. The lowest BCUT2D eigenvalue weighted by Crippen LogP contribution is -2.30. The van der Waals surface area contributed by atoms with E-state index in [-0.39, 0.29) is 18.7 Å². The van der Waals surface area contributed by atoms with Crippen molar-refractivity contribution in [2.75, 3.05) is 11.9 Å². The van der Waals surface area contributed by atoms with E-state index >= 15 is 0 Å². The average molecular weight is 420 g/mol. The van der Waals surface area contributed by atoms with Gasteiger partial charge < -0.3 is 10.1 Å². The number of fused-ring (bicyclic) bond motifs is 1. The van der Waals surface area contributed by atoms with E-state index < -0.39 is 11.9 Å². The maximum atomic E-state index is 12.7. The molecule has 0 bridgehead atoms. The minimum absolute atomic E-state index is 0.180. The number of carbonyl (C=O) groups is 2. The first-order valence-corrected chi connectivity index (χ1v) is 10.4. The van der Waals surface area contributed by atoms with Crippen molar-refractivity contribution in [3.05, 3.63) is 43.1 Å². The van der Waals surface area contributed by atoms with Crippen LogP contribution in [0.5, 0.6) is 0 Å². The third kappa shape index (κ3) is 3.72. The lowest BCUT2D eigenvalue weighted by Gasteiger charge is -2.10. The van der Waals surface area contributed by atoms with Crippen LogP contribution in [0.1, 0.15) is 38.4 Å². The van der Waals surface area contributed by atoms with Crippen molar-refractivity contribution in [1.29, 1.82) is 0 Å². The molecular formula is C19H21N3O4S2. The summed E-state index contributed by atoms with van der Waals surface area (Å²) >= 11 is 2.76. The molecule has 0 saturated heterocycles. The van der Waals surface area contributed by atoms with Crippen molar-refractivity contribution < 1.29 is 14.3 Å². The van der Waals surface area contributed by atoms with Crippen molar-refractivity contribution >= 4 is 49.8 Å². The van der Waals surface area contributed by atoms with E-state index in [9.17, 15) is 14.4 Å². The van der Waals surface area contributed by atoms with Crippen LogP contribution in [0.4, 0.5) is 5.00 Å². The Hall–Kier alpha value is -2.52. The van der Waals surface area contributed by atoms with Gasteiger partial charge in [0.05, 0.1) is 17.6 Å². The second-order valence-corrected chi connectivity index (χ2v) is 8.84. The molecule has 0 spiro atoms. The lowest BCUT2D eigenvalue weighted by atomic mass is 10.1. The summed E-state index contributed by atoms with van der Waals surface area (Å²) in [6.45, 7) is 9.11. The number of aromatic nitrogens is 2. The number of thiophene rings is 2. The summed E-state index contributed by atoms with van der Waals surface area (Å²) in [6.07, 6.45) is 0. The first-order chi connectivity index (χ1) is 13.2. The highest BCUT2D eigenvalue weighted by Gasteiger charge is 2.22. The monoisotopic (exact) mass is 419 g/mol. The standard InChI is InChI=1S/C19H21N3O4S2/c1-6-26-19(25)15-10(3)11(4)28-17(15)21-14(23)8-22-12(5)20-16-13(18(22)24)7-9(2)27-16/h7H,6,8H2,1-5H3,(H,21,23). The molecule has 3 aromatic rings. The molecule has 3 aromatic heterocycles. The summed E-state index contributed by atoms with van der Waals surface area (Å²) in [5.41, 5.74) is 0.902. The molecule has 0 unspecified atom stereocenters. The molecule has 9 heteroatoms. The molecule has 0 atom stereocenters. The minimum atomic E-state index is -0.468. The third-order valence-corrected chi connectivity index (χ3v) is 6.45. The zero-order chi connectivity index (χ0) is 20.6. The number of nitrogens with zero attached hydrogens (tertiary/aromatic N) is 2. The van der Waals surface area contributed by atoms with Crippen LogP contribution in [0.3, 0.4) is 0 Å². The zero-order valence-corrected chi connectivity index (χ0v) is 18.0. The van der Waals surface area contributed by atoms with Gasteiger partial charge in [-0.2, -0.15) is 0 Å². The Morgan fingerprint density at radius 1 is 1.21 bits per heavy atom. The predicted octanol–water partition coefficient (Wildman–Crippen LogP) is 3.57. The second-order valence-electron chi connectivity index (χ2n) is 6.38. The van der Waals surface area contributed by atoms with Gasteiger partial charge in [0.25, 0.3) is 5.56 Å². The van der Waals surface area contributed by atoms with Crippen molar-refractivity contribution in [1.82, 2.24) is 9.55 Å². The van der Waals surface area contributed by atoms with Crippen LogP contribution >= 0.6 is 22.7 Å². The summed E-state index contributed by atoms with van der Waals surface area (Å²) in [4.78, 5) is 44.7. The van der Waals surface area contributed by atoms with Crippen LogP contribution in [0.25, 0.3) is 10.2 Å². The number of hydrogen-bond acceptors (Lipinski definition) is 7. The number of esters is 1. The van der Waals surface area contributed by atoms with Gasteiger partial charge in [-0.25, -0.2) is 9.78 Å². The van der Waals surface area contributed by atoms with E-state index in [1.807, 2.05) is 20.8 Å². The second kappa shape index (κ2) is 7.84. The van der Waals surface area contributed by atoms with E-state index in [2.05, 4.69) is 10.3 Å². The molecule has 0 aromatic carbocycles. The number of carbonyl (C=O) groups excluding carboxylic acids is 2. The first kappa shape index (κ1) is 20.2. The summed E-state index contributed by atoms with van der Waals surface area (Å²) < 4.78 is 6.45. The summed E-state index contributed by atoms with van der Waals surface area (Å²) in [5.74, 6) is -0.395. The molecule has 3 heterocycles. The predicted molar refractivity (Wildman–Crippen MR) is 112 cm³/mol. The Kier molecular flexibility index (Phi) is 5.66. The van der Waals surface area contributed by atoms with Gasteiger partial charge in [0.2, 0.25) is 5.91 Å². The number of aryl methyl sites for hydroxylation is 3. The first-order valence-electron chi connectivity index (χ1n) is 8.77. The van der Waals surface area contributed by atoms with Crippen LogP contribution in [0.15, 0.2) is 10.9 Å². The Labute approximate surface area is 170 Å². The normalized spacial score (nSPS) is 11.0. The van der Waals surface area contributed by atoms with Crippen LogP contribution in [0, 0.1) is 27.7 Å². The number of ether oxygens (including phenoxy) is 1. The summed E-state index contributed by atoms with van der Waals surface area (Å²) in [7, 11) is 0. The van der Waals surface area contributed by atoms with Gasteiger partial charge >= 0.3 is 5.97 Å². The largest absolute Gasteiger partial charge is 0.462 e. The number of anilines is 1. The number of hydrogen-bond donors (Lipinski definition) is 1. The van der Waals surface area contributed by atoms with Crippen LogP contribution < -0.4 is 10.9 Å². The maximum Gasteiger partial charge on any atom is 0.341 e. The highest BCUT2D eigenvalue weighted by atomic mass is 32.1. The van der Waals surface area contributed by atoms with Gasteiger partial charge in [-0.15, -0.1) is 22.7 Å². The molecule has 0 radical (unpaired) electrons. The summed E-state index contributed by atoms with van der Waals surface area (Å²) in [6, 6.07) is 1.79. The Morgan fingerprint density at radius 3 is 2.61 bits per heavy atom. The SMILES string of the molecule is CCOC(=O)c1c(NC(=O)Cn2c(C)nc3sc(C)cc3c2=O)sc(C)c1C. The molecular weight excluding hydrogens is 398 g/mol. The molecule has 0 aliphatic heterocycles. The Morgan fingerprint density at radius 2 is 1.93 bits per heavy atom. The van der Waals surface area contributed by atoms with E-state index in [4.69, 9.17) is 4.74 Å². The number of rotatable bonds is 5. The van der Waals surface area contributed by atoms with Gasteiger partial charge in [0.1, 0.15) is 22.2 Å². The summed E-state index contributed by atoms with van der Waals surface area (Å²) in [5, 5.41) is 3.71. The lowest BCUT2D eigenvalue weighted by molar-refractivity contribution is -0.116. The van der Waals surface area contributed by atoms with Crippen molar-refractivity contribution in [2.45, 2.75) is 41.2 Å². The number of amides is 1. The maximum absolute atomic E-state index is 12.7. The Bertz CT molecular complexity index is 1140. The molecule has 3 rings (SSSR count). The van der Waals surface area contributed by atoms with Gasteiger partial charge in [0, 0.05) is 9.75 Å². The molecule has 0 aliphatic carbocycles. The fourth-order valence-electron chi connectivity index (χ4n) is 2.90. The molecule has 1 amide bonds. The van der Waals surface area contributed by atoms with Crippen LogP contribution in [-0.2, 0) is 16.1 Å². The van der Waals surface area contributed by atoms with Crippen molar-refractivity contribution in [2.24, 2.45) is 0 Å².